The molecule has 8 heteroatoms. The second kappa shape index (κ2) is 7.92. The molecule has 2 aromatic rings. The maximum absolute atomic E-state index is 12.2. The van der Waals surface area contributed by atoms with Crippen LogP contribution in [0.3, 0.4) is 0 Å². The Kier molecular flexibility index (Phi) is 5.92. The molecule has 1 amide bonds. The highest BCUT2D eigenvalue weighted by molar-refractivity contribution is 6.31. The van der Waals surface area contributed by atoms with Crippen LogP contribution < -0.4 is 10.1 Å². The Labute approximate surface area is 137 Å². The molecular formula is C15H16ClF2N3O2. The SMILES string of the molecule is Cc1nn(CCCNC(=O)c2cccc(OC(F)F)c2)cc1Cl. The van der Waals surface area contributed by atoms with Crippen LogP contribution in [-0.4, -0.2) is 28.8 Å². The number of carbonyl (C=O) groups excluding carboxylic acids is 1. The standard InChI is InChI=1S/C15H16ClF2N3O2/c1-10-13(16)9-21(20-10)7-3-6-19-14(22)11-4-2-5-12(8-11)23-15(17)18/h2,4-5,8-9,15H,3,6-7H2,1H3,(H,19,22). The molecule has 1 N–H and O–H groups in total. The molecule has 0 unspecified atom stereocenters. The number of ether oxygens (including phenoxy) is 1. The van der Waals surface area contributed by atoms with E-state index in [2.05, 4.69) is 15.2 Å². The first-order valence-corrected chi connectivity index (χ1v) is 7.36. The number of benzene rings is 1. The van der Waals surface area contributed by atoms with Gasteiger partial charge in [-0.15, -0.1) is 0 Å². The summed E-state index contributed by atoms with van der Waals surface area (Å²) < 4.78 is 30.3. The lowest BCUT2D eigenvalue weighted by Gasteiger charge is -2.08. The van der Waals surface area contributed by atoms with Crippen LogP contribution in [0, 0.1) is 6.92 Å². The van der Waals surface area contributed by atoms with Crippen molar-refractivity contribution in [1.82, 2.24) is 15.1 Å². The second-order valence-electron chi connectivity index (χ2n) is 4.84. The minimum absolute atomic E-state index is 0.0469. The molecule has 0 aliphatic heterocycles. The smallest absolute Gasteiger partial charge is 0.387 e. The van der Waals surface area contributed by atoms with Gasteiger partial charge in [0.15, 0.2) is 0 Å². The zero-order chi connectivity index (χ0) is 16.8. The summed E-state index contributed by atoms with van der Waals surface area (Å²) in [7, 11) is 0. The summed E-state index contributed by atoms with van der Waals surface area (Å²) in [4.78, 5) is 12.0. The molecule has 1 aromatic heterocycles. The normalized spacial score (nSPS) is 10.8. The van der Waals surface area contributed by atoms with E-state index >= 15 is 0 Å². The number of nitrogens with zero attached hydrogens (tertiary/aromatic N) is 2. The molecule has 0 saturated heterocycles. The van der Waals surface area contributed by atoms with Gasteiger partial charge in [0, 0.05) is 24.8 Å². The predicted molar refractivity (Wildman–Crippen MR) is 82.0 cm³/mol. The summed E-state index contributed by atoms with van der Waals surface area (Å²) in [6, 6.07) is 5.66. The Morgan fingerprint density at radius 3 is 2.91 bits per heavy atom. The monoisotopic (exact) mass is 343 g/mol. The van der Waals surface area contributed by atoms with E-state index in [1.165, 1.54) is 24.3 Å². The van der Waals surface area contributed by atoms with Crippen molar-refractivity contribution in [2.45, 2.75) is 26.5 Å². The van der Waals surface area contributed by atoms with Gasteiger partial charge in [0.2, 0.25) is 0 Å². The minimum Gasteiger partial charge on any atom is -0.435 e. The lowest BCUT2D eigenvalue weighted by Crippen LogP contribution is -2.25. The number of hydrogen-bond acceptors (Lipinski definition) is 3. The number of amides is 1. The summed E-state index contributed by atoms with van der Waals surface area (Å²) in [5.74, 6) is -0.395. The number of rotatable bonds is 7. The first kappa shape index (κ1) is 17.2. The van der Waals surface area contributed by atoms with Gasteiger partial charge in [-0.1, -0.05) is 17.7 Å². The highest BCUT2D eigenvalue weighted by Gasteiger charge is 2.09. The van der Waals surface area contributed by atoms with Crippen LogP contribution in [0.1, 0.15) is 22.5 Å². The number of alkyl halides is 2. The number of nitrogens with one attached hydrogen (secondary N) is 1. The molecule has 2 rings (SSSR count). The third-order valence-corrected chi connectivity index (χ3v) is 3.43. The van der Waals surface area contributed by atoms with E-state index in [1.54, 1.807) is 10.9 Å². The number of hydrogen-bond donors (Lipinski definition) is 1. The largest absolute Gasteiger partial charge is 0.435 e. The summed E-state index contributed by atoms with van der Waals surface area (Å²) in [5, 5.41) is 7.53. The molecule has 0 spiro atoms. The number of aromatic nitrogens is 2. The van der Waals surface area contributed by atoms with Gasteiger partial charge < -0.3 is 10.1 Å². The molecule has 0 aliphatic rings. The molecule has 1 aromatic carbocycles. The van der Waals surface area contributed by atoms with Gasteiger partial charge in [-0.25, -0.2) is 0 Å². The molecule has 0 atom stereocenters. The van der Waals surface area contributed by atoms with Crippen LogP contribution in [-0.2, 0) is 6.54 Å². The van der Waals surface area contributed by atoms with E-state index < -0.39 is 6.61 Å². The van der Waals surface area contributed by atoms with Gasteiger partial charge in [0.25, 0.3) is 5.91 Å². The molecule has 0 bridgehead atoms. The first-order valence-electron chi connectivity index (χ1n) is 6.98. The molecular weight excluding hydrogens is 328 g/mol. The molecule has 0 radical (unpaired) electrons. The Morgan fingerprint density at radius 2 is 2.26 bits per heavy atom. The highest BCUT2D eigenvalue weighted by Crippen LogP contribution is 2.16. The van der Waals surface area contributed by atoms with Crippen molar-refractivity contribution in [2.75, 3.05) is 6.54 Å². The van der Waals surface area contributed by atoms with Crippen LogP contribution in [0.15, 0.2) is 30.5 Å². The van der Waals surface area contributed by atoms with Crippen molar-refractivity contribution < 1.29 is 18.3 Å². The Balaban J connectivity index is 1.80. The van der Waals surface area contributed by atoms with Gasteiger partial charge >= 0.3 is 6.61 Å². The maximum Gasteiger partial charge on any atom is 0.387 e. The van der Waals surface area contributed by atoms with Crippen molar-refractivity contribution in [3.05, 3.63) is 46.7 Å². The average Bonchev–Trinajstić information content (AvgIpc) is 2.81. The fraction of sp³-hybridized carbons (Fsp3) is 0.333. The molecule has 0 saturated carbocycles. The fourth-order valence-electron chi connectivity index (χ4n) is 1.97. The van der Waals surface area contributed by atoms with E-state index in [-0.39, 0.29) is 17.2 Å². The summed E-state index contributed by atoms with van der Waals surface area (Å²) in [6.45, 7) is -0.0649. The molecule has 5 nitrogen and oxygen atoms in total. The summed E-state index contributed by atoms with van der Waals surface area (Å²) >= 11 is 5.91. The third kappa shape index (κ3) is 5.21. The zero-order valence-corrected chi connectivity index (χ0v) is 13.2. The highest BCUT2D eigenvalue weighted by atomic mass is 35.5. The Morgan fingerprint density at radius 1 is 1.48 bits per heavy atom. The summed E-state index contributed by atoms with van der Waals surface area (Å²) in [6.07, 6.45) is 2.39. The van der Waals surface area contributed by atoms with E-state index in [1.807, 2.05) is 6.92 Å². The lowest BCUT2D eigenvalue weighted by molar-refractivity contribution is -0.0498. The third-order valence-electron chi connectivity index (χ3n) is 3.06. The lowest BCUT2D eigenvalue weighted by atomic mass is 10.2. The van der Waals surface area contributed by atoms with Gasteiger partial charge in [-0.05, 0) is 31.5 Å². The van der Waals surface area contributed by atoms with Crippen LogP contribution >= 0.6 is 11.6 Å². The van der Waals surface area contributed by atoms with Crippen LogP contribution in [0.4, 0.5) is 8.78 Å². The number of halogens is 3. The van der Waals surface area contributed by atoms with Crippen LogP contribution in [0.25, 0.3) is 0 Å². The van der Waals surface area contributed by atoms with Crippen molar-refractivity contribution in [1.29, 1.82) is 0 Å². The first-order chi connectivity index (χ1) is 11.0. The number of carbonyl (C=O) groups is 1. The fourth-order valence-corrected chi connectivity index (χ4v) is 2.12. The van der Waals surface area contributed by atoms with Crippen LogP contribution in [0.5, 0.6) is 5.75 Å². The van der Waals surface area contributed by atoms with E-state index in [0.29, 0.717) is 24.5 Å². The van der Waals surface area contributed by atoms with E-state index in [0.717, 1.165) is 5.69 Å². The number of aryl methyl sites for hydroxylation is 2. The Hall–Kier alpha value is -2.15. The van der Waals surface area contributed by atoms with E-state index in [4.69, 9.17) is 11.6 Å². The van der Waals surface area contributed by atoms with E-state index in [9.17, 15) is 13.6 Å². The van der Waals surface area contributed by atoms with Crippen molar-refractivity contribution in [3.63, 3.8) is 0 Å². The average molecular weight is 344 g/mol. The maximum atomic E-state index is 12.2. The molecule has 1 heterocycles. The second-order valence-corrected chi connectivity index (χ2v) is 5.25. The zero-order valence-electron chi connectivity index (χ0n) is 12.4. The van der Waals surface area contributed by atoms with Gasteiger partial charge in [-0.3, -0.25) is 9.48 Å². The Bertz CT molecular complexity index is 657. The van der Waals surface area contributed by atoms with Crippen molar-refractivity contribution in [3.8, 4) is 5.75 Å². The summed E-state index contributed by atoms with van der Waals surface area (Å²) in [5.41, 5.74) is 1.02. The predicted octanol–water partition coefficient (Wildman–Crippen LogP) is 3.27. The van der Waals surface area contributed by atoms with Gasteiger partial charge in [-0.2, -0.15) is 13.9 Å². The minimum atomic E-state index is -2.92. The van der Waals surface area contributed by atoms with Crippen LogP contribution in [0.2, 0.25) is 5.02 Å². The molecule has 0 aliphatic carbocycles. The van der Waals surface area contributed by atoms with Gasteiger partial charge in [0.1, 0.15) is 5.75 Å². The quantitative estimate of drug-likeness (QED) is 0.785. The topological polar surface area (TPSA) is 56.2 Å². The van der Waals surface area contributed by atoms with Gasteiger partial charge in [0.05, 0.1) is 10.7 Å². The molecule has 124 valence electrons. The van der Waals surface area contributed by atoms with Crippen molar-refractivity contribution >= 4 is 17.5 Å². The molecule has 0 fully saturated rings. The van der Waals surface area contributed by atoms with Crippen molar-refractivity contribution in [2.24, 2.45) is 0 Å². The molecule has 23 heavy (non-hydrogen) atoms.